The quantitative estimate of drug-likeness (QED) is 0.562. The molecule has 29 heavy (non-hydrogen) atoms. The molecule has 3 rings (SSSR count). The molecule has 1 aliphatic rings. The van der Waals surface area contributed by atoms with Crippen LogP contribution in [0.5, 0.6) is 0 Å². The van der Waals surface area contributed by atoms with Crippen molar-refractivity contribution in [2.75, 3.05) is 11.9 Å². The average molecular weight is 448 g/mol. The highest BCUT2D eigenvalue weighted by molar-refractivity contribution is 7.89. The zero-order chi connectivity index (χ0) is 21.6. The first-order valence-corrected chi connectivity index (χ1v) is 10.8. The van der Waals surface area contributed by atoms with Gasteiger partial charge in [-0.3, -0.25) is 0 Å². The Morgan fingerprint density at radius 2 is 1.97 bits per heavy atom. The van der Waals surface area contributed by atoms with E-state index in [1.54, 1.807) is 13.0 Å². The van der Waals surface area contributed by atoms with Crippen LogP contribution in [0.3, 0.4) is 0 Å². The zero-order valence-electron chi connectivity index (χ0n) is 16.3. The molecule has 0 saturated carbocycles. The molecule has 0 amide bonds. The minimum atomic E-state index is -4.90. The van der Waals surface area contributed by atoms with E-state index in [1.165, 1.54) is 17.4 Å². The molecule has 13 heteroatoms. The molecule has 2 heterocycles. The molecule has 2 aromatic rings. The van der Waals surface area contributed by atoms with Gasteiger partial charge in [-0.15, -0.1) is 20.4 Å². The van der Waals surface area contributed by atoms with Gasteiger partial charge in [0.15, 0.2) is 0 Å². The largest absolute Gasteiger partial charge is 0.371 e. The van der Waals surface area contributed by atoms with E-state index in [-0.39, 0.29) is 28.0 Å². The van der Waals surface area contributed by atoms with Crippen LogP contribution < -0.4 is 4.90 Å². The number of halogens is 3. The number of hydrogen-bond donors (Lipinski definition) is 0. The fraction of sp³-hybridized carbons (Fsp3) is 0.500. The fourth-order valence-electron chi connectivity index (χ4n) is 3.09. The molecule has 0 spiro atoms. The van der Waals surface area contributed by atoms with E-state index in [4.69, 9.17) is 0 Å². The summed E-state index contributed by atoms with van der Waals surface area (Å²) in [4.78, 5) is 1.93. The van der Waals surface area contributed by atoms with Crippen molar-refractivity contribution >= 4 is 43.5 Å². The van der Waals surface area contributed by atoms with Crippen molar-refractivity contribution in [1.82, 2.24) is 10.2 Å². The number of hydrogen-bond acceptors (Lipinski definition) is 9. The molecular formula is C16H19F3N6O2S2. The standard InChI is InChI=1S/C16H19F3N6O2S2/c1-8-16(3,4)10-6-11(21-23-15-22-20-9(2)28-15)12(7-13(10)25(8)5)24-29(26,27-19)14(17)18/h6-8,14H,1-5H3. The number of azo groups is 1. The fourth-order valence-corrected chi connectivity index (χ4v) is 4.18. The maximum Gasteiger partial charge on any atom is 0.345 e. The van der Waals surface area contributed by atoms with Gasteiger partial charge >= 0.3 is 5.76 Å². The predicted molar refractivity (Wildman–Crippen MR) is 105 cm³/mol. The van der Waals surface area contributed by atoms with E-state index in [0.29, 0.717) is 10.7 Å². The maximum absolute atomic E-state index is 13.1. The maximum atomic E-state index is 13.1. The first-order valence-electron chi connectivity index (χ1n) is 8.47. The third kappa shape index (κ3) is 3.85. The van der Waals surface area contributed by atoms with Crippen LogP contribution in [0.15, 0.2) is 26.7 Å². The van der Waals surface area contributed by atoms with E-state index < -0.39 is 15.8 Å². The zero-order valence-corrected chi connectivity index (χ0v) is 17.9. The van der Waals surface area contributed by atoms with Gasteiger partial charge < -0.3 is 4.90 Å². The third-order valence-corrected chi connectivity index (χ3v) is 6.90. The number of likely N-dealkylation sites (N-methyl/N-ethyl adjacent to an activating group) is 1. The Morgan fingerprint density at radius 3 is 2.52 bits per heavy atom. The summed E-state index contributed by atoms with van der Waals surface area (Å²) in [5, 5.41) is 16.5. The van der Waals surface area contributed by atoms with Crippen LogP contribution in [0.1, 0.15) is 31.3 Å². The van der Waals surface area contributed by atoms with Crippen LogP contribution in [-0.4, -0.2) is 33.3 Å². The second-order valence-electron chi connectivity index (χ2n) is 7.10. The van der Waals surface area contributed by atoms with Crippen molar-refractivity contribution < 1.29 is 21.9 Å². The van der Waals surface area contributed by atoms with Crippen LogP contribution >= 0.6 is 11.3 Å². The lowest BCUT2D eigenvalue weighted by molar-refractivity contribution is -0.000950. The Bertz CT molecular complexity index is 1080. The highest BCUT2D eigenvalue weighted by atomic mass is 32.2. The Hall–Kier alpha value is -2.12. The summed E-state index contributed by atoms with van der Waals surface area (Å²) in [6.45, 7) is 7.80. The van der Waals surface area contributed by atoms with E-state index >= 15 is 0 Å². The first kappa shape index (κ1) is 21.6. The van der Waals surface area contributed by atoms with Crippen molar-refractivity contribution in [1.29, 1.82) is 0 Å². The molecular weight excluding hydrogens is 429 g/mol. The summed E-state index contributed by atoms with van der Waals surface area (Å²) < 4.78 is 57.2. The number of nitrogens with zero attached hydrogens (tertiary/aromatic N) is 6. The Balaban J connectivity index is 2.22. The lowest BCUT2D eigenvalue weighted by atomic mass is 9.81. The topological polar surface area (TPSA) is 92.4 Å². The number of anilines is 1. The molecule has 1 aliphatic heterocycles. The lowest BCUT2D eigenvalue weighted by Crippen LogP contribution is -2.36. The third-order valence-electron chi connectivity index (χ3n) is 5.09. The van der Waals surface area contributed by atoms with Gasteiger partial charge in [0.25, 0.3) is 15.1 Å². The van der Waals surface area contributed by atoms with Gasteiger partial charge in [-0.2, -0.15) is 13.1 Å². The molecule has 0 bridgehead atoms. The first-order chi connectivity index (χ1) is 13.5. The second-order valence-corrected chi connectivity index (χ2v) is 9.96. The number of rotatable bonds is 5. The van der Waals surface area contributed by atoms with Gasteiger partial charge in [0.05, 0.1) is 0 Å². The van der Waals surface area contributed by atoms with Gasteiger partial charge in [-0.1, -0.05) is 29.6 Å². The van der Waals surface area contributed by atoms with Crippen LogP contribution in [-0.2, 0) is 19.8 Å². The molecule has 8 nitrogen and oxygen atoms in total. The summed E-state index contributed by atoms with van der Waals surface area (Å²) in [5.41, 5.74) is 1.07. The summed E-state index contributed by atoms with van der Waals surface area (Å²) >= 11 is 1.18. The Kier molecular flexibility index (Phi) is 5.66. The smallest absolute Gasteiger partial charge is 0.345 e. The minimum Gasteiger partial charge on any atom is -0.371 e. The monoisotopic (exact) mass is 448 g/mol. The minimum absolute atomic E-state index is 0.0394. The van der Waals surface area contributed by atoms with Crippen molar-refractivity contribution in [3.05, 3.63) is 22.7 Å². The normalized spacial score (nSPS) is 20.3. The summed E-state index contributed by atoms with van der Waals surface area (Å²) in [6.07, 6.45) is 0. The Labute approximate surface area is 170 Å². The van der Waals surface area contributed by atoms with E-state index in [2.05, 4.69) is 29.2 Å². The molecule has 2 unspecified atom stereocenters. The SMILES string of the molecule is Cc1nnc(N=Nc2cc3c(cc2N=S(=O)(OF)C(F)F)N(C)C(C)C3(C)C)s1. The number of aromatic nitrogens is 2. The lowest BCUT2D eigenvalue weighted by Gasteiger charge is -2.28. The van der Waals surface area contributed by atoms with Gasteiger partial charge in [0.1, 0.15) is 16.4 Å². The van der Waals surface area contributed by atoms with Crippen LogP contribution in [0.25, 0.3) is 0 Å². The number of alkyl halides is 2. The van der Waals surface area contributed by atoms with Crippen LogP contribution in [0.2, 0.25) is 0 Å². The van der Waals surface area contributed by atoms with Gasteiger partial charge in [0.2, 0.25) is 0 Å². The molecule has 0 aliphatic carbocycles. The predicted octanol–water partition coefficient (Wildman–Crippen LogP) is 5.52. The van der Waals surface area contributed by atoms with Crippen LogP contribution in [0.4, 0.5) is 35.5 Å². The average Bonchev–Trinajstić information content (AvgIpc) is 3.15. The van der Waals surface area contributed by atoms with E-state index in [9.17, 15) is 17.5 Å². The number of fused-ring (bicyclic) bond motifs is 1. The van der Waals surface area contributed by atoms with Crippen molar-refractivity contribution in [2.45, 2.75) is 44.9 Å². The summed E-state index contributed by atoms with van der Waals surface area (Å²) in [6, 6.07) is 3.12. The molecule has 0 radical (unpaired) electrons. The molecule has 1 aromatic carbocycles. The molecule has 0 N–H and O–H groups in total. The van der Waals surface area contributed by atoms with Crippen molar-refractivity contribution in [3.8, 4) is 0 Å². The van der Waals surface area contributed by atoms with E-state index in [0.717, 1.165) is 5.56 Å². The van der Waals surface area contributed by atoms with Crippen molar-refractivity contribution in [2.24, 2.45) is 14.6 Å². The molecule has 1 aromatic heterocycles. The Morgan fingerprint density at radius 1 is 1.28 bits per heavy atom. The molecule has 158 valence electrons. The molecule has 0 fully saturated rings. The number of aryl methyl sites for hydroxylation is 1. The van der Waals surface area contributed by atoms with Gasteiger partial charge in [-0.05, 0) is 36.1 Å². The summed E-state index contributed by atoms with van der Waals surface area (Å²) in [5.74, 6) is -3.65. The highest BCUT2D eigenvalue weighted by Crippen LogP contribution is 2.49. The van der Waals surface area contributed by atoms with E-state index in [1.807, 2.05) is 32.7 Å². The number of benzene rings is 1. The second kappa shape index (κ2) is 7.61. The van der Waals surface area contributed by atoms with Gasteiger partial charge in [0, 0.05) is 24.2 Å². The van der Waals surface area contributed by atoms with Crippen molar-refractivity contribution in [3.63, 3.8) is 0 Å². The molecule has 0 saturated heterocycles. The molecule has 2 atom stereocenters. The summed E-state index contributed by atoms with van der Waals surface area (Å²) in [7, 11) is -3.06. The van der Waals surface area contributed by atoms with Gasteiger partial charge in [-0.25, -0.2) is 4.21 Å². The highest BCUT2D eigenvalue weighted by Gasteiger charge is 2.41. The van der Waals surface area contributed by atoms with Crippen LogP contribution in [0, 0.1) is 6.92 Å².